The zero-order valence-corrected chi connectivity index (χ0v) is 13.2. The van der Waals surface area contributed by atoms with E-state index < -0.39 is 0 Å². The van der Waals surface area contributed by atoms with Crippen LogP contribution >= 0.6 is 0 Å². The van der Waals surface area contributed by atoms with Gasteiger partial charge in [0.2, 0.25) is 5.91 Å². The van der Waals surface area contributed by atoms with Crippen LogP contribution in [0.5, 0.6) is 0 Å². The Morgan fingerprint density at radius 2 is 2.18 bits per heavy atom. The largest absolute Gasteiger partial charge is 0.468 e. The molecule has 1 aromatic heterocycles. The van der Waals surface area contributed by atoms with Crippen LogP contribution in [0, 0.1) is 5.92 Å². The minimum Gasteiger partial charge on any atom is -0.468 e. The Morgan fingerprint density at radius 3 is 2.86 bits per heavy atom. The average Bonchev–Trinajstić information content (AvgIpc) is 3.11. The second kappa shape index (κ2) is 7.63. The van der Waals surface area contributed by atoms with Crippen LogP contribution < -0.4 is 5.32 Å². The summed E-state index contributed by atoms with van der Waals surface area (Å²) in [4.78, 5) is 14.8. The molecule has 2 atom stereocenters. The molecule has 0 unspecified atom stereocenters. The highest BCUT2D eigenvalue weighted by Crippen LogP contribution is 2.25. The first kappa shape index (κ1) is 15.3. The fourth-order valence-electron chi connectivity index (χ4n) is 3.49. The quantitative estimate of drug-likeness (QED) is 0.849. The number of hydrogen-bond donors (Lipinski definition) is 1. The molecule has 1 saturated heterocycles. The van der Waals surface area contributed by atoms with Gasteiger partial charge in [-0.05, 0) is 57.3 Å². The third-order valence-corrected chi connectivity index (χ3v) is 4.81. The van der Waals surface area contributed by atoms with Crippen molar-refractivity contribution >= 4 is 5.91 Å². The van der Waals surface area contributed by atoms with E-state index in [1.54, 1.807) is 6.26 Å². The summed E-state index contributed by atoms with van der Waals surface area (Å²) in [7, 11) is 0. The monoisotopic (exact) mass is 302 g/mol. The maximum atomic E-state index is 12.4. The first-order valence-corrected chi connectivity index (χ1v) is 8.55. The summed E-state index contributed by atoms with van der Waals surface area (Å²) in [6.45, 7) is 2.83. The molecule has 1 fully saturated rings. The predicted octanol–water partition coefficient (Wildman–Crippen LogP) is 3.28. The second-order valence-electron chi connectivity index (χ2n) is 6.35. The van der Waals surface area contributed by atoms with E-state index in [0.29, 0.717) is 6.54 Å². The van der Waals surface area contributed by atoms with Gasteiger partial charge in [-0.15, -0.1) is 0 Å². The van der Waals surface area contributed by atoms with Crippen molar-refractivity contribution < 1.29 is 9.21 Å². The molecule has 1 aliphatic carbocycles. The molecule has 0 radical (unpaired) electrons. The Balaban J connectivity index is 1.60. The first-order valence-electron chi connectivity index (χ1n) is 8.55. The molecule has 4 nitrogen and oxygen atoms in total. The summed E-state index contributed by atoms with van der Waals surface area (Å²) in [5.41, 5.74) is 0. The van der Waals surface area contributed by atoms with E-state index in [4.69, 9.17) is 4.42 Å². The van der Waals surface area contributed by atoms with Crippen LogP contribution in [0.15, 0.2) is 35.0 Å². The normalized spacial score (nSPS) is 24.1. The Bertz CT molecular complexity index is 489. The van der Waals surface area contributed by atoms with Crippen LogP contribution in [0.2, 0.25) is 0 Å². The summed E-state index contributed by atoms with van der Waals surface area (Å²) >= 11 is 0. The van der Waals surface area contributed by atoms with Gasteiger partial charge < -0.3 is 9.73 Å². The zero-order chi connectivity index (χ0) is 15.2. The van der Waals surface area contributed by atoms with E-state index in [1.807, 2.05) is 12.1 Å². The lowest BCUT2D eigenvalue weighted by Crippen LogP contribution is -2.42. The van der Waals surface area contributed by atoms with Crippen molar-refractivity contribution in [3.05, 3.63) is 36.3 Å². The molecular formula is C18H26N2O2. The Kier molecular flexibility index (Phi) is 5.33. The standard InChI is InChI=1S/C18H26N2O2/c21-18(15-8-3-1-4-9-15)19-14-16(17-10-7-13-22-17)20-11-5-2-6-12-20/h1,3,7,10,13,15-16H,2,4-6,8-9,11-12,14H2,(H,19,21)/t15-,16-/m0/s1. The number of amides is 1. The van der Waals surface area contributed by atoms with Gasteiger partial charge in [0.15, 0.2) is 0 Å². The van der Waals surface area contributed by atoms with Crippen molar-refractivity contribution in [2.24, 2.45) is 5.92 Å². The average molecular weight is 302 g/mol. The molecule has 1 amide bonds. The Hall–Kier alpha value is -1.55. The summed E-state index contributed by atoms with van der Waals surface area (Å²) in [6, 6.07) is 4.12. The van der Waals surface area contributed by atoms with E-state index in [9.17, 15) is 4.79 Å². The van der Waals surface area contributed by atoms with Crippen molar-refractivity contribution in [3.8, 4) is 0 Å². The number of piperidine rings is 1. The smallest absolute Gasteiger partial charge is 0.223 e. The van der Waals surface area contributed by atoms with E-state index in [0.717, 1.165) is 38.1 Å². The SMILES string of the molecule is O=C(NC[C@@H](c1ccco1)N1CCCCC1)[C@H]1CC=CCC1. The summed E-state index contributed by atoms with van der Waals surface area (Å²) in [5, 5.41) is 3.16. The Labute approximate surface area is 132 Å². The first-order chi connectivity index (χ1) is 10.8. The van der Waals surface area contributed by atoms with Crippen molar-refractivity contribution in [2.45, 2.75) is 44.6 Å². The van der Waals surface area contributed by atoms with Gasteiger partial charge >= 0.3 is 0 Å². The number of nitrogens with zero attached hydrogens (tertiary/aromatic N) is 1. The lowest BCUT2D eigenvalue weighted by molar-refractivity contribution is -0.125. The van der Waals surface area contributed by atoms with Crippen LogP contribution in [-0.4, -0.2) is 30.4 Å². The lowest BCUT2D eigenvalue weighted by atomic mass is 9.93. The molecular weight excluding hydrogens is 276 g/mol. The number of likely N-dealkylation sites (tertiary alicyclic amines) is 1. The van der Waals surface area contributed by atoms with Gasteiger partial charge in [0, 0.05) is 12.5 Å². The molecule has 22 heavy (non-hydrogen) atoms. The van der Waals surface area contributed by atoms with Gasteiger partial charge in [0.1, 0.15) is 5.76 Å². The molecule has 0 bridgehead atoms. The Morgan fingerprint density at radius 1 is 1.32 bits per heavy atom. The number of nitrogens with one attached hydrogen (secondary N) is 1. The number of rotatable bonds is 5. The number of carbonyl (C=O) groups is 1. The van der Waals surface area contributed by atoms with Gasteiger partial charge in [-0.25, -0.2) is 0 Å². The van der Waals surface area contributed by atoms with Crippen molar-refractivity contribution in [3.63, 3.8) is 0 Å². The maximum absolute atomic E-state index is 12.4. The van der Waals surface area contributed by atoms with Gasteiger partial charge in [-0.1, -0.05) is 18.6 Å². The van der Waals surface area contributed by atoms with E-state index in [2.05, 4.69) is 22.4 Å². The fraction of sp³-hybridized carbons (Fsp3) is 0.611. The molecule has 0 saturated carbocycles. The van der Waals surface area contributed by atoms with Crippen LogP contribution in [0.4, 0.5) is 0 Å². The lowest BCUT2D eigenvalue weighted by Gasteiger charge is -2.33. The third-order valence-electron chi connectivity index (χ3n) is 4.81. The van der Waals surface area contributed by atoms with Crippen molar-refractivity contribution in [1.82, 2.24) is 10.2 Å². The number of hydrogen-bond acceptors (Lipinski definition) is 3. The fourth-order valence-corrected chi connectivity index (χ4v) is 3.49. The minimum atomic E-state index is 0.142. The molecule has 1 N–H and O–H groups in total. The van der Waals surface area contributed by atoms with Gasteiger partial charge in [0.25, 0.3) is 0 Å². The highest BCUT2D eigenvalue weighted by Gasteiger charge is 2.26. The third kappa shape index (κ3) is 3.80. The van der Waals surface area contributed by atoms with Gasteiger partial charge in [-0.2, -0.15) is 0 Å². The molecule has 0 spiro atoms. The van der Waals surface area contributed by atoms with E-state index in [1.165, 1.54) is 19.3 Å². The van der Waals surface area contributed by atoms with Crippen LogP contribution in [0.3, 0.4) is 0 Å². The molecule has 2 heterocycles. The minimum absolute atomic E-state index is 0.142. The summed E-state index contributed by atoms with van der Waals surface area (Å²) in [5.74, 6) is 1.30. The topological polar surface area (TPSA) is 45.5 Å². The predicted molar refractivity (Wildman–Crippen MR) is 86.4 cm³/mol. The summed E-state index contributed by atoms with van der Waals surface area (Å²) in [6.07, 6.45) is 12.7. The van der Waals surface area contributed by atoms with Crippen LogP contribution in [-0.2, 0) is 4.79 Å². The van der Waals surface area contributed by atoms with Crippen molar-refractivity contribution in [2.75, 3.05) is 19.6 Å². The zero-order valence-electron chi connectivity index (χ0n) is 13.2. The molecule has 120 valence electrons. The van der Waals surface area contributed by atoms with Crippen molar-refractivity contribution in [1.29, 1.82) is 0 Å². The highest BCUT2D eigenvalue weighted by molar-refractivity contribution is 5.79. The van der Waals surface area contributed by atoms with Crippen LogP contribution in [0.1, 0.15) is 50.3 Å². The highest BCUT2D eigenvalue weighted by atomic mass is 16.3. The number of allylic oxidation sites excluding steroid dienone is 2. The van der Waals surface area contributed by atoms with Gasteiger partial charge in [-0.3, -0.25) is 9.69 Å². The maximum Gasteiger partial charge on any atom is 0.223 e. The second-order valence-corrected chi connectivity index (χ2v) is 6.35. The summed E-state index contributed by atoms with van der Waals surface area (Å²) < 4.78 is 5.62. The molecule has 0 aromatic carbocycles. The van der Waals surface area contributed by atoms with Crippen LogP contribution in [0.25, 0.3) is 0 Å². The molecule has 3 rings (SSSR count). The molecule has 1 aromatic rings. The van der Waals surface area contributed by atoms with E-state index in [-0.39, 0.29) is 17.9 Å². The van der Waals surface area contributed by atoms with Gasteiger partial charge in [0.05, 0.1) is 12.3 Å². The molecule has 1 aliphatic heterocycles. The molecule has 2 aliphatic rings. The number of furan rings is 1. The molecule has 4 heteroatoms. The van der Waals surface area contributed by atoms with E-state index >= 15 is 0 Å². The number of carbonyl (C=O) groups excluding carboxylic acids is 1.